The molecule has 1 heterocycles. The number of nitrogens with zero attached hydrogens (tertiary/aromatic N) is 3. The first kappa shape index (κ1) is 22.9. The van der Waals surface area contributed by atoms with Crippen molar-refractivity contribution in [3.05, 3.63) is 78.4 Å². The number of guanidine groups is 1. The minimum atomic E-state index is 0. The molecule has 0 saturated carbocycles. The van der Waals surface area contributed by atoms with Crippen molar-refractivity contribution in [2.45, 2.75) is 33.4 Å². The lowest BCUT2D eigenvalue weighted by atomic mass is 9.98. The van der Waals surface area contributed by atoms with E-state index >= 15 is 0 Å². The summed E-state index contributed by atoms with van der Waals surface area (Å²) in [5.74, 6) is 0.870. The van der Waals surface area contributed by atoms with Crippen molar-refractivity contribution >= 4 is 29.9 Å². The zero-order chi connectivity index (χ0) is 19.6. The van der Waals surface area contributed by atoms with E-state index in [2.05, 4.69) is 82.6 Å². The van der Waals surface area contributed by atoms with Crippen LogP contribution in [0.3, 0.4) is 0 Å². The quantitative estimate of drug-likeness (QED) is 0.267. The summed E-state index contributed by atoms with van der Waals surface area (Å²) in [4.78, 5) is 8.86. The van der Waals surface area contributed by atoms with Gasteiger partial charge >= 0.3 is 0 Å². The zero-order valence-electron chi connectivity index (χ0n) is 17.1. The van der Waals surface area contributed by atoms with E-state index in [4.69, 9.17) is 4.99 Å². The smallest absolute Gasteiger partial charge is 0.191 e. The maximum atomic E-state index is 4.76. The summed E-state index contributed by atoms with van der Waals surface area (Å²) in [6.07, 6.45) is 6.71. The monoisotopic (exact) mass is 503 g/mol. The molecule has 0 aliphatic rings. The topological polar surface area (TPSA) is 54.2 Å². The van der Waals surface area contributed by atoms with Gasteiger partial charge in [0, 0.05) is 32.0 Å². The molecule has 3 aromatic rings. The van der Waals surface area contributed by atoms with Crippen LogP contribution < -0.4 is 10.6 Å². The van der Waals surface area contributed by atoms with E-state index in [1.54, 1.807) is 0 Å². The molecule has 0 radical (unpaired) electrons. The van der Waals surface area contributed by atoms with E-state index in [1.807, 2.05) is 18.7 Å². The zero-order valence-corrected chi connectivity index (χ0v) is 19.5. The van der Waals surface area contributed by atoms with Gasteiger partial charge in [-0.25, -0.2) is 9.98 Å². The second kappa shape index (κ2) is 12.3. The van der Waals surface area contributed by atoms with Crippen LogP contribution in [0.2, 0.25) is 0 Å². The third-order valence-corrected chi connectivity index (χ3v) is 4.50. The Bertz CT molecular complexity index is 873. The Morgan fingerprint density at radius 2 is 1.83 bits per heavy atom. The van der Waals surface area contributed by atoms with E-state index in [0.717, 1.165) is 32.0 Å². The van der Waals surface area contributed by atoms with Crippen LogP contribution in [-0.2, 0) is 13.1 Å². The molecule has 0 spiro atoms. The SMILES string of the molecule is CCCNC(=NCc1ccccc1-c1ccc(Cn2ccnc2)cc1)NCC.I. The molecule has 0 saturated heterocycles. The lowest BCUT2D eigenvalue weighted by molar-refractivity contribution is 0.785. The van der Waals surface area contributed by atoms with Gasteiger partial charge in [0.2, 0.25) is 0 Å². The maximum Gasteiger partial charge on any atom is 0.191 e. The van der Waals surface area contributed by atoms with Crippen LogP contribution in [-0.4, -0.2) is 28.6 Å². The van der Waals surface area contributed by atoms with Gasteiger partial charge in [0.15, 0.2) is 5.96 Å². The number of imidazole rings is 1. The molecule has 1 aromatic heterocycles. The fourth-order valence-corrected chi connectivity index (χ4v) is 3.07. The molecule has 0 fully saturated rings. The van der Waals surface area contributed by atoms with Crippen LogP contribution in [0, 0.1) is 0 Å². The molecule has 0 amide bonds. The average molecular weight is 503 g/mol. The van der Waals surface area contributed by atoms with Crippen LogP contribution in [0.4, 0.5) is 0 Å². The first-order chi connectivity index (χ1) is 13.8. The van der Waals surface area contributed by atoms with Crippen molar-refractivity contribution in [2.75, 3.05) is 13.1 Å². The molecular formula is C23H30IN5. The first-order valence-corrected chi connectivity index (χ1v) is 9.95. The van der Waals surface area contributed by atoms with Gasteiger partial charge in [-0.1, -0.05) is 55.5 Å². The summed E-state index contributed by atoms with van der Waals surface area (Å²) in [7, 11) is 0. The second-order valence-corrected chi connectivity index (χ2v) is 6.71. The summed E-state index contributed by atoms with van der Waals surface area (Å²) in [6.45, 7) is 7.50. The van der Waals surface area contributed by atoms with Gasteiger partial charge in [-0.15, -0.1) is 24.0 Å². The highest BCUT2D eigenvalue weighted by Crippen LogP contribution is 2.25. The fraction of sp³-hybridized carbons (Fsp3) is 0.304. The predicted molar refractivity (Wildman–Crippen MR) is 132 cm³/mol. The molecular weight excluding hydrogens is 473 g/mol. The molecule has 154 valence electrons. The number of aliphatic imine (C=N–C) groups is 1. The van der Waals surface area contributed by atoms with Crippen LogP contribution in [0.25, 0.3) is 11.1 Å². The third-order valence-electron chi connectivity index (χ3n) is 4.50. The predicted octanol–water partition coefficient (Wildman–Crippen LogP) is 4.68. The minimum absolute atomic E-state index is 0. The number of hydrogen-bond donors (Lipinski definition) is 2. The molecule has 2 aromatic carbocycles. The van der Waals surface area contributed by atoms with Crippen molar-refractivity contribution in [3.63, 3.8) is 0 Å². The minimum Gasteiger partial charge on any atom is -0.357 e. The number of rotatable bonds is 8. The molecule has 0 bridgehead atoms. The number of nitrogens with one attached hydrogen (secondary N) is 2. The van der Waals surface area contributed by atoms with Crippen LogP contribution in [0.1, 0.15) is 31.4 Å². The molecule has 5 nitrogen and oxygen atoms in total. The normalized spacial score (nSPS) is 11.0. The average Bonchev–Trinajstić information content (AvgIpc) is 3.24. The third kappa shape index (κ3) is 6.88. The van der Waals surface area contributed by atoms with Crippen LogP contribution in [0.15, 0.2) is 72.2 Å². The Morgan fingerprint density at radius 3 is 2.52 bits per heavy atom. The van der Waals surface area contributed by atoms with E-state index in [0.29, 0.717) is 6.54 Å². The number of halogens is 1. The Morgan fingerprint density at radius 1 is 1.03 bits per heavy atom. The number of benzene rings is 2. The molecule has 3 rings (SSSR count). The molecule has 0 aliphatic heterocycles. The summed E-state index contributed by atoms with van der Waals surface area (Å²) >= 11 is 0. The molecule has 0 unspecified atom stereocenters. The molecule has 0 atom stereocenters. The Kier molecular flexibility index (Phi) is 9.70. The number of aromatic nitrogens is 2. The highest BCUT2D eigenvalue weighted by Gasteiger charge is 2.05. The Labute approximate surface area is 190 Å². The van der Waals surface area contributed by atoms with Gasteiger partial charge < -0.3 is 15.2 Å². The fourth-order valence-electron chi connectivity index (χ4n) is 3.07. The van der Waals surface area contributed by atoms with Gasteiger partial charge in [0.25, 0.3) is 0 Å². The van der Waals surface area contributed by atoms with Crippen molar-refractivity contribution in [2.24, 2.45) is 4.99 Å². The van der Waals surface area contributed by atoms with Crippen molar-refractivity contribution in [1.29, 1.82) is 0 Å². The van der Waals surface area contributed by atoms with Gasteiger partial charge in [-0.2, -0.15) is 0 Å². The standard InChI is InChI=1S/C23H29N5.HI/c1-3-13-26-23(25-4-2)27-16-21-7-5-6-8-22(21)20-11-9-19(10-12-20)17-28-15-14-24-18-28;/h5-12,14-15,18H,3-4,13,16-17H2,1-2H3,(H2,25,26,27);1H. The summed E-state index contributed by atoms with van der Waals surface area (Å²) < 4.78 is 2.07. The van der Waals surface area contributed by atoms with E-state index < -0.39 is 0 Å². The summed E-state index contributed by atoms with van der Waals surface area (Å²) in [5, 5.41) is 6.67. The van der Waals surface area contributed by atoms with Crippen LogP contribution in [0.5, 0.6) is 0 Å². The number of hydrogen-bond acceptors (Lipinski definition) is 2. The van der Waals surface area contributed by atoms with Crippen molar-refractivity contribution in [3.8, 4) is 11.1 Å². The first-order valence-electron chi connectivity index (χ1n) is 9.95. The van der Waals surface area contributed by atoms with Gasteiger partial charge in [0.1, 0.15) is 0 Å². The van der Waals surface area contributed by atoms with E-state index in [9.17, 15) is 0 Å². The summed E-state index contributed by atoms with van der Waals surface area (Å²) in [6, 6.07) is 17.2. The van der Waals surface area contributed by atoms with Crippen LogP contribution >= 0.6 is 24.0 Å². The van der Waals surface area contributed by atoms with Crippen molar-refractivity contribution in [1.82, 2.24) is 20.2 Å². The molecule has 29 heavy (non-hydrogen) atoms. The van der Waals surface area contributed by atoms with E-state index in [1.165, 1.54) is 22.3 Å². The largest absolute Gasteiger partial charge is 0.357 e. The second-order valence-electron chi connectivity index (χ2n) is 6.71. The van der Waals surface area contributed by atoms with Gasteiger partial charge in [0.05, 0.1) is 12.9 Å². The lowest BCUT2D eigenvalue weighted by Gasteiger charge is -2.12. The maximum absolute atomic E-state index is 4.76. The molecule has 2 N–H and O–H groups in total. The Balaban J connectivity index is 0.00000300. The van der Waals surface area contributed by atoms with Gasteiger partial charge in [-0.05, 0) is 35.6 Å². The highest BCUT2D eigenvalue weighted by molar-refractivity contribution is 14.0. The summed E-state index contributed by atoms with van der Waals surface area (Å²) in [5.41, 5.74) is 4.92. The lowest BCUT2D eigenvalue weighted by Crippen LogP contribution is -2.37. The van der Waals surface area contributed by atoms with E-state index in [-0.39, 0.29) is 24.0 Å². The molecule has 6 heteroatoms. The highest BCUT2D eigenvalue weighted by atomic mass is 127. The van der Waals surface area contributed by atoms with Gasteiger partial charge in [-0.3, -0.25) is 0 Å². The molecule has 0 aliphatic carbocycles. The Hall–Kier alpha value is -2.35. The van der Waals surface area contributed by atoms with Crippen molar-refractivity contribution < 1.29 is 0 Å².